The largest absolute Gasteiger partial charge is 0.416 e. The van der Waals surface area contributed by atoms with Gasteiger partial charge >= 0.3 is 6.18 Å². The number of hydrogen-bond acceptors (Lipinski definition) is 3. The predicted molar refractivity (Wildman–Crippen MR) is 93.0 cm³/mol. The fourth-order valence-corrected chi connectivity index (χ4v) is 2.55. The number of alkyl halides is 3. The molecule has 0 saturated heterocycles. The zero-order chi connectivity index (χ0) is 19.3. The lowest BCUT2D eigenvalue weighted by Crippen LogP contribution is -2.25. The summed E-state index contributed by atoms with van der Waals surface area (Å²) in [6.45, 7) is 0.903. The minimum absolute atomic E-state index is 0.228. The van der Waals surface area contributed by atoms with Gasteiger partial charge in [-0.05, 0) is 41.8 Å². The molecule has 8 heteroatoms. The molecule has 1 heterocycles. The molecule has 1 aromatic heterocycles. The number of carbonyl (C=O) groups is 1. The Kier molecular flexibility index (Phi) is 5.54. The van der Waals surface area contributed by atoms with Crippen LogP contribution >= 0.6 is 0 Å². The zero-order valence-electron chi connectivity index (χ0n) is 14.3. The van der Waals surface area contributed by atoms with E-state index in [-0.39, 0.29) is 5.91 Å². The molecule has 0 aliphatic heterocycles. The molecule has 3 rings (SSSR count). The second-order valence-electron chi connectivity index (χ2n) is 5.99. The topological polar surface area (TPSA) is 59.8 Å². The molecule has 0 unspecified atom stereocenters. The van der Waals surface area contributed by atoms with Gasteiger partial charge in [0.25, 0.3) is 5.91 Å². The number of hydrogen-bond donors (Lipinski definition) is 1. The first-order valence-electron chi connectivity index (χ1n) is 8.27. The second kappa shape index (κ2) is 8.03. The van der Waals surface area contributed by atoms with Gasteiger partial charge in [-0.25, -0.2) is 9.67 Å². The summed E-state index contributed by atoms with van der Waals surface area (Å²) in [5.74, 6) is -0.228. The van der Waals surface area contributed by atoms with Gasteiger partial charge in [-0.2, -0.15) is 18.3 Å². The molecule has 1 amide bonds. The summed E-state index contributed by atoms with van der Waals surface area (Å²) in [4.78, 5) is 16.0. The maximum Gasteiger partial charge on any atom is 0.416 e. The highest BCUT2D eigenvalue weighted by Gasteiger charge is 2.29. The molecule has 0 atom stereocenters. The third-order valence-electron chi connectivity index (χ3n) is 4.01. The molecule has 1 N–H and O–H groups in total. The van der Waals surface area contributed by atoms with E-state index in [1.165, 1.54) is 18.5 Å². The fourth-order valence-electron chi connectivity index (χ4n) is 2.55. The highest BCUT2D eigenvalue weighted by atomic mass is 19.4. The minimum Gasteiger partial charge on any atom is -0.352 e. The van der Waals surface area contributed by atoms with Crippen LogP contribution in [0.5, 0.6) is 0 Å². The average Bonchev–Trinajstić information content (AvgIpc) is 3.15. The number of amides is 1. The van der Waals surface area contributed by atoms with Crippen LogP contribution in [0, 0.1) is 0 Å². The maximum absolute atomic E-state index is 12.5. The first-order chi connectivity index (χ1) is 12.9. The van der Waals surface area contributed by atoms with E-state index in [0.717, 1.165) is 23.3 Å². The molecule has 27 heavy (non-hydrogen) atoms. The van der Waals surface area contributed by atoms with Crippen LogP contribution in [0.1, 0.15) is 27.0 Å². The van der Waals surface area contributed by atoms with Crippen LogP contribution < -0.4 is 5.32 Å². The summed E-state index contributed by atoms with van der Waals surface area (Å²) in [7, 11) is 0. The van der Waals surface area contributed by atoms with Crippen LogP contribution in [-0.4, -0.2) is 27.2 Å². The molecule has 0 aliphatic rings. The van der Waals surface area contributed by atoms with Gasteiger partial charge in [0.05, 0.1) is 12.1 Å². The van der Waals surface area contributed by atoms with Gasteiger partial charge in [-0.1, -0.05) is 24.3 Å². The monoisotopic (exact) mass is 374 g/mol. The van der Waals surface area contributed by atoms with Crippen molar-refractivity contribution in [3.05, 3.63) is 83.4 Å². The fraction of sp³-hybridized carbons (Fsp3) is 0.211. The molecule has 0 spiro atoms. The number of aromatic nitrogens is 3. The first kappa shape index (κ1) is 18.6. The Morgan fingerprint density at radius 1 is 1.00 bits per heavy atom. The molecule has 5 nitrogen and oxygen atoms in total. The highest BCUT2D eigenvalue weighted by molar-refractivity contribution is 5.94. The maximum atomic E-state index is 12.5. The predicted octanol–water partition coefficient (Wildman–Crippen LogP) is 3.32. The second-order valence-corrected chi connectivity index (χ2v) is 5.99. The van der Waals surface area contributed by atoms with Crippen molar-refractivity contribution in [3.8, 4) is 0 Å². The molecule has 0 fully saturated rings. The van der Waals surface area contributed by atoms with Gasteiger partial charge in [-0.15, -0.1) is 0 Å². The van der Waals surface area contributed by atoms with Crippen molar-refractivity contribution in [2.45, 2.75) is 19.1 Å². The summed E-state index contributed by atoms with van der Waals surface area (Å²) in [6, 6.07) is 12.1. The molecule has 2 aromatic carbocycles. The van der Waals surface area contributed by atoms with E-state index in [0.29, 0.717) is 25.1 Å². The molecular weight excluding hydrogens is 357 g/mol. The van der Waals surface area contributed by atoms with Gasteiger partial charge < -0.3 is 5.32 Å². The molecule has 140 valence electrons. The normalized spacial score (nSPS) is 11.4. The number of rotatable bonds is 6. The van der Waals surface area contributed by atoms with Crippen LogP contribution in [-0.2, 0) is 19.1 Å². The van der Waals surface area contributed by atoms with E-state index >= 15 is 0 Å². The Hall–Kier alpha value is -3.16. The number of nitrogens with one attached hydrogen (secondary N) is 1. The number of nitrogens with zero attached hydrogens (tertiary/aromatic N) is 3. The Labute approximate surface area is 153 Å². The van der Waals surface area contributed by atoms with Crippen LogP contribution in [0.15, 0.2) is 61.2 Å². The minimum atomic E-state index is -4.34. The Balaban J connectivity index is 1.49. The summed E-state index contributed by atoms with van der Waals surface area (Å²) in [5.41, 5.74) is 1.55. The summed E-state index contributed by atoms with van der Waals surface area (Å²) < 4.78 is 39.3. The molecule has 0 saturated carbocycles. The lowest BCUT2D eigenvalue weighted by atomic mass is 10.1. The summed E-state index contributed by atoms with van der Waals surface area (Å²) in [5, 5.41) is 6.79. The van der Waals surface area contributed by atoms with Crippen molar-refractivity contribution in [2.24, 2.45) is 0 Å². The van der Waals surface area contributed by atoms with Crippen LogP contribution in [0.3, 0.4) is 0 Å². The van der Waals surface area contributed by atoms with E-state index in [1.807, 2.05) is 12.1 Å². The highest BCUT2D eigenvalue weighted by Crippen LogP contribution is 2.29. The quantitative estimate of drug-likeness (QED) is 0.720. The molecular formula is C19H17F3N4O. The third-order valence-corrected chi connectivity index (χ3v) is 4.01. The van der Waals surface area contributed by atoms with E-state index in [2.05, 4.69) is 15.4 Å². The van der Waals surface area contributed by atoms with Crippen molar-refractivity contribution in [1.82, 2.24) is 20.1 Å². The van der Waals surface area contributed by atoms with Crippen molar-refractivity contribution >= 4 is 5.91 Å². The van der Waals surface area contributed by atoms with E-state index in [4.69, 9.17) is 0 Å². The molecule has 3 aromatic rings. The van der Waals surface area contributed by atoms with E-state index < -0.39 is 11.7 Å². The van der Waals surface area contributed by atoms with Gasteiger partial charge in [-0.3, -0.25) is 4.79 Å². The van der Waals surface area contributed by atoms with Crippen molar-refractivity contribution < 1.29 is 18.0 Å². The third kappa shape index (κ3) is 5.16. The Morgan fingerprint density at radius 3 is 2.26 bits per heavy atom. The van der Waals surface area contributed by atoms with Gasteiger partial charge in [0, 0.05) is 12.1 Å². The lowest BCUT2D eigenvalue weighted by molar-refractivity contribution is -0.137. The van der Waals surface area contributed by atoms with Crippen molar-refractivity contribution in [2.75, 3.05) is 6.54 Å². The van der Waals surface area contributed by atoms with Crippen molar-refractivity contribution in [1.29, 1.82) is 0 Å². The number of carbonyl (C=O) groups excluding carboxylic acids is 1. The molecule has 0 radical (unpaired) electrons. The number of benzene rings is 2. The average molecular weight is 374 g/mol. The Morgan fingerprint density at radius 2 is 1.67 bits per heavy atom. The van der Waals surface area contributed by atoms with Gasteiger partial charge in [0.2, 0.25) is 0 Å². The van der Waals surface area contributed by atoms with Gasteiger partial charge in [0.1, 0.15) is 12.7 Å². The smallest absolute Gasteiger partial charge is 0.352 e. The van der Waals surface area contributed by atoms with Crippen LogP contribution in [0.2, 0.25) is 0 Å². The van der Waals surface area contributed by atoms with Crippen molar-refractivity contribution in [3.63, 3.8) is 0 Å². The van der Waals surface area contributed by atoms with Gasteiger partial charge in [0.15, 0.2) is 0 Å². The summed E-state index contributed by atoms with van der Waals surface area (Å²) in [6.07, 6.45) is -0.818. The lowest BCUT2D eigenvalue weighted by Gasteiger charge is -2.09. The van der Waals surface area contributed by atoms with E-state index in [9.17, 15) is 18.0 Å². The van der Waals surface area contributed by atoms with E-state index in [1.54, 1.807) is 23.1 Å². The zero-order valence-corrected chi connectivity index (χ0v) is 14.3. The summed E-state index contributed by atoms with van der Waals surface area (Å²) >= 11 is 0. The SMILES string of the molecule is O=C(NCCc1ccc(C(F)(F)F)cc1)c1ccc(Cn2cncn2)cc1. The molecule has 0 bridgehead atoms. The van der Waals surface area contributed by atoms with Crippen LogP contribution in [0.25, 0.3) is 0 Å². The first-order valence-corrected chi connectivity index (χ1v) is 8.27. The number of halogens is 3. The Bertz CT molecular complexity index is 873. The molecule has 0 aliphatic carbocycles. The van der Waals surface area contributed by atoms with Crippen LogP contribution in [0.4, 0.5) is 13.2 Å². The standard InChI is InChI=1S/C19H17F3N4O/c20-19(21,22)17-7-3-14(4-8-17)9-10-24-18(27)16-5-1-15(2-6-16)11-26-13-23-12-25-26/h1-8,12-13H,9-11H2,(H,24,27).